The summed E-state index contributed by atoms with van der Waals surface area (Å²) in [5, 5.41) is 79.2. The minimum absolute atomic E-state index is 0.0577. The van der Waals surface area contributed by atoms with Crippen molar-refractivity contribution in [3.63, 3.8) is 0 Å². The molecule has 0 aliphatic heterocycles. The zero-order valence-corrected chi connectivity index (χ0v) is 43.3. The highest BCUT2D eigenvalue weighted by Crippen LogP contribution is 2.11. The number of carboxylic acids is 2. The zero-order chi connectivity index (χ0) is 58.7. The van der Waals surface area contributed by atoms with Gasteiger partial charge in [0.15, 0.2) is 0 Å². The van der Waals surface area contributed by atoms with Crippen LogP contribution in [0.4, 0.5) is 0 Å². The van der Waals surface area contributed by atoms with Gasteiger partial charge in [0.05, 0.1) is 32.8 Å². The summed E-state index contributed by atoms with van der Waals surface area (Å²) >= 11 is 0. The molecule has 0 saturated carbocycles. The maximum Gasteiger partial charge on any atom is 0.326 e. The Morgan fingerprint density at radius 2 is 0.512 bits per heavy atom. The summed E-state index contributed by atoms with van der Waals surface area (Å²) in [5.74, 6) is -12.6. The Hall–Kier alpha value is -9.11. The summed E-state index contributed by atoms with van der Waals surface area (Å²) in [6, 6.07) is 19.2. The number of carbonyl (C=O) groups excluding carboxylic acids is 9. The molecule has 0 radical (unpaired) electrons. The van der Waals surface area contributed by atoms with Gasteiger partial charge in [-0.15, -0.1) is 0 Å². The molecule has 0 fully saturated rings. The van der Waals surface area contributed by atoms with Gasteiger partial charge in [-0.25, -0.2) is 4.79 Å². The average Bonchev–Trinajstić information content (AvgIpc) is 3.45. The number of hydrogen-bond acceptors (Lipinski definition) is 15. The molecule has 80 heavy (non-hydrogen) atoms. The lowest BCUT2D eigenvalue weighted by Gasteiger charge is -2.28. The van der Waals surface area contributed by atoms with Crippen molar-refractivity contribution in [1.82, 2.24) is 47.9 Å². The number of aliphatic carboxylic acids is 2. The van der Waals surface area contributed by atoms with Crippen LogP contribution in [0.25, 0.3) is 0 Å². The zero-order valence-electron chi connectivity index (χ0n) is 43.3. The van der Waals surface area contributed by atoms with Gasteiger partial charge in [0.25, 0.3) is 0 Å². The fraction of sp³-hybridized carbons (Fsp3) is 0.352. The summed E-state index contributed by atoms with van der Waals surface area (Å²) in [6.07, 6.45) is -1.41. The van der Waals surface area contributed by atoms with Crippen molar-refractivity contribution in [2.75, 3.05) is 26.4 Å². The molecule has 9 atom stereocenters. The third-order valence-corrected chi connectivity index (χ3v) is 12.0. The maximum atomic E-state index is 14.6. The second-order valence-electron chi connectivity index (χ2n) is 18.2. The minimum Gasteiger partial charge on any atom is -0.481 e. The molecule has 4 aromatic rings. The molecule has 0 aliphatic carbocycles. The Kier molecular flexibility index (Phi) is 25.8. The van der Waals surface area contributed by atoms with Crippen LogP contribution in [0.1, 0.15) is 35.6 Å². The van der Waals surface area contributed by atoms with Gasteiger partial charge in [-0.1, -0.05) is 121 Å². The molecule has 0 aliphatic rings. The second-order valence-corrected chi connectivity index (χ2v) is 18.2. The van der Waals surface area contributed by atoms with Crippen LogP contribution < -0.4 is 47.9 Å². The van der Waals surface area contributed by atoms with Gasteiger partial charge in [-0.3, -0.25) is 47.9 Å². The van der Waals surface area contributed by atoms with Crippen molar-refractivity contribution in [2.45, 2.75) is 93.4 Å². The van der Waals surface area contributed by atoms with Gasteiger partial charge in [0.2, 0.25) is 53.2 Å². The van der Waals surface area contributed by atoms with Crippen LogP contribution in [0.2, 0.25) is 0 Å². The molecule has 428 valence electrons. The Morgan fingerprint density at radius 3 is 0.713 bits per heavy atom. The quantitative estimate of drug-likeness (QED) is 0.0221. The summed E-state index contributed by atoms with van der Waals surface area (Å²) in [4.78, 5) is 145. The van der Waals surface area contributed by atoms with Gasteiger partial charge in [0.1, 0.15) is 54.4 Å². The summed E-state index contributed by atoms with van der Waals surface area (Å²) < 4.78 is 0. The molecular weight excluding hydrogens is 1050 g/mol. The van der Waals surface area contributed by atoms with Crippen molar-refractivity contribution < 1.29 is 83.4 Å². The number of carbonyl (C=O) groups is 11. The number of benzene rings is 4. The van der Waals surface area contributed by atoms with Crippen LogP contribution in [0.15, 0.2) is 121 Å². The van der Waals surface area contributed by atoms with Gasteiger partial charge < -0.3 is 78.5 Å². The normalized spacial score (nSPS) is 14.2. The van der Waals surface area contributed by atoms with Crippen molar-refractivity contribution >= 4 is 65.1 Å². The van der Waals surface area contributed by atoms with E-state index in [0.29, 0.717) is 16.7 Å². The van der Waals surface area contributed by atoms with Crippen LogP contribution in [0.5, 0.6) is 0 Å². The third-order valence-electron chi connectivity index (χ3n) is 12.0. The first-order valence-corrected chi connectivity index (χ1v) is 25.0. The van der Waals surface area contributed by atoms with Gasteiger partial charge in [-0.2, -0.15) is 0 Å². The summed E-state index contributed by atoms with van der Waals surface area (Å²) in [5.41, 5.74) is 2.43. The van der Waals surface area contributed by atoms with Gasteiger partial charge in [0, 0.05) is 32.6 Å². The second kappa shape index (κ2) is 32.6. The monoisotopic (exact) mass is 1110 g/mol. The Balaban J connectivity index is 1.54. The van der Waals surface area contributed by atoms with Crippen LogP contribution >= 0.6 is 0 Å². The van der Waals surface area contributed by atoms with Crippen molar-refractivity contribution in [3.05, 3.63) is 144 Å². The lowest BCUT2D eigenvalue weighted by molar-refractivity contribution is -0.147. The SMILES string of the molecule is CC(=O)N[C@@H](Cc1ccccc1)C(=O)N[C@@H](Cc1ccccc1)C(=O)N[C@@H](Cc1ccccc1)C(=O)N[C@@H](Cc1ccccc1)C(=O)N[C@@H](CO)C(=O)N[C@@H](CO)C(=O)N[C@@H](CO)C(=O)N[C@@H](CO)C(=O)N[C@@H](CC(=O)O)C(=O)O. The number of nitrogens with one attached hydrogen (secondary N) is 9. The van der Waals surface area contributed by atoms with E-state index in [1.807, 2.05) is 16.0 Å². The third kappa shape index (κ3) is 21.0. The van der Waals surface area contributed by atoms with Crippen LogP contribution in [0.3, 0.4) is 0 Å². The van der Waals surface area contributed by atoms with Crippen LogP contribution in [0, 0.1) is 0 Å². The van der Waals surface area contributed by atoms with Crippen LogP contribution in [-0.4, -0.2) is 177 Å². The number of rotatable bonds is 32. The Labute approximate surface area is 458 Å². The molecule has 0 unspecified atom stereocenters. The first kappa shape index (κ1) is 63.4. The van der Waals surface area contributed by atoms with Crippen molar-refractivity contribution in [1.29, 1.82) is 0 Å². The van der Waals surface area contributed by atoms with E-state index in [2.05, 4.69) is 31.9 Å². The van der Waals surface area contributed by atoms with Crippen LogP contribution in [-0.2, 0) is 78.4 Å². The van der Waals surface area contributed by atoms with E-state index in [0.717, 1.165) is 5.56 Å². The smallest absolute Gasteiger partial charge is 0.326 e. The molecule has 9 amide bonds. The van der Waals surface area contributed by atoms with Crippen molar-refractivity contribution in [2.24, 2.45) is 0 Å². The number of amides is 9. The maximum absolute atomic E-state index is 14.6. The highest BCUT2D eigenvalue weighted by atomic mass is 16.4. The highest BCUT2D eigenvalue weighted by Gasteiger charge is 2.36. The first-order valence-electron chi connectivity index (χ1n) is 25.0. The Morgan fingerprint density at radius 1 is 0.312 bits per heavy atom. The summed E-state index contributed by atoms with van der Waals surface area (Å²) in [7, 11) is 0. The molecule has 4 rings (SSSR count). The topological polar surface area (TPSA) is 417 Å². The number of hydrogen-bond donors (Lipinski definition) is 15. The largest absolute Gasteiger partial charge is 0.481 e. The average molecular weight is 1110 g/mol. The molecule has 0 bridgehead atoms. The van der Waals surface area contributed by atoms with E-state index in [4.69, 9.17) is 5.11 Å². The van der Waals surface area contributed by atoms with E-state index in [9.17, 15) is 78.3 Å². The molecule has 15 N–H and O–H groups in total. The van der Waals surface area contributed by atoms with E-state index < -0.39 is 152 Å². The fourth-order valence-electron chi connectivity index (χ4n) is 7.81. The molecule has 26 nitrogen and oxygen atoms in total. The molecule has 0 saturated heterocycles. The summed E-state index contributed by atoms with van der Waals surface area (Å²) in [6.45, 7) is -3.40. The Bertz CT molecular complexity index is 2740. The van der Waals surface area contributed by atoms with Crippen molar-refractivity contribution in [3.8, 4) is 0 Å². The van der Waals surface area contributed by atoms with Gasteiger partial charge >= 0.3 is 11.9 Å². The number of aliphatic hydroxyl groups excluding tert-OH is 4. The number of carboxylic acid groups (broad SMARTS) is 2. The number of aliphatic hydroxyl groups is 4. The fourth-order valence-corrected chi connectivity index (χ4v) is 7.81. The molecule has 0 heterocycles. The van der Waals surface area contributed by atoms with Gasteiger partial charge in [-0.05, 0) is 22.3 Å². The predicted molar refractivity (Wildman–Crippen MR) is 282 cm³/mol. The predicted octanol–water partition coefficient (Wildman–Crippen LogP) is -4.13. The van der Waals surface area contributed by atoms with E-state index >= 15 is 0 Å². The standard InChI is InChI=1S/C54H65N9O17/c1-31(68)55-36(22-32-14-6-2-7-15-32)46(71)56-37(23-33-16-8-3-9-17-33)47(72)57-38(24-34-18-10-4-11-19-34)48(73)58-39(25-35-20-12-5-13-21-35)49(74)60-42(28-65)51(76)62-44(30-67)53(78)63-43(29-66)52(77)61-41(27-64)50(75)59-40(54(79)80)26-45(69)70/h2-21,36-44,64-67H,22-30H2,1H3,(H,55,68)(H,56,71)(H,57,72)(H,58,73)(H,59,75)(H,60,74)(H,61,77)(H,62,76)(H,63,78)(H,69,70)(H,79,80)/t36-,37-,38-,39-,40-,41-,42-,43-,44-/m0/s1. The van der Waals surface area contributed by atoms with E-state index in [-0.39, 0.29) is 25.7 Å². The lowest BCUT2D eigenvalue weighted by Crippen LogP contribution is -2.62. The minimum atomic E-state index is -1.97. The molecule has 0 spiro atoms. The lowest BCUT2D eigenvalue weighted by atomic mass is 10.00. The molecule has 26 heteroatoms. The molecular formula is C54H65N9O17. The highest BCUT2D eigenvalue weighted by molar-refractivity contribution is 5.99. The molecule has 0 aromatic heterocycles. The van der Waals surface area contributed by atoms with E-state index in [1.54, 1.807) is 121 Å². The first-order chi connectivity index (χ1) is 38.2. The van der Waals surface area contributed by atoms with E-state index in [1.165, 1.54) is 6.92 Å². The molecule has 4 aromatic carbocycles.